The molecule has 0 bridgehead atoms. The zero-order valence-corrected chi connectivity index (χ0v) is 14.4. The van der Waals surface area contributed by atoms with E-state index in [0.29, 0.717) is 0 Å². The van der Waals surface area contributed by atoms with Crippen LogP contribution in [0.1, 0.15) is 78.1 Å². The van der Waals surface area contributed by atoms with Crippen molar-refractivity contribution in [1.29, 1.82) is 0 Å². The molecule has 0 nitrogen and oxygen atoms in total. The molecular formula is C16H32P2. The van der Waals surface area contributed by atoms with Crippen molar-refractivity contribution in [3.05, 3.63) is 0 Å². The Bertz CT molecular complexity index is 193. The summed E-state index contributed by atoms with van der Waals surface area (Å²) in [5.74, 6) is 0. The quantitative estimate of drug-likeness (QED) is 0.561. The van der Waals surface area contributed by atoms with Crippen LogP contribution in [0.5, 0.6) is 0 Å². The first kappa shape index (κ1) is 15.3. The van der Waals surface area contributed by atoms with E-state index in [-0.39, 0.29) is 0 Å². The highest BCUT2D eigenvalue weighted by Crippen LogP contribution is 2.44. The summed E-state index contributed by atoms with van der Waals surface area (Å²) in [6.07, 6.45) is 15.3. The fraction of sp³-hybridized carbons (Fsp3) is 1.00. The summed E-state index contributed by atoms with van der Waals surface area (Å²) in [5.41, 5.74) is 4.22. The third-order valence-corrected chi connectivity index (χ3v) is 9.44. The molecule has 2 saturated carbocycles. The molecule has 0 aromatic heterocycles. The van der Waals surface area contributed by atoms with Gasteiger partial charge >= 0.3 is 0 Å². The van der Waals surface area contributed by atoms with Crippen molar-refractivity contribution in [3.8, 4) is 0 Å². The van der Waals surface area contributed by atoms with Gasteiger partial charge < -0.3 is 0 Å². The lowest BCUT2D eigenvalue weighted by atomic mass is 10.0. The molecule has 2 aliphatic carbocycles. The Balaban J connectivity index is 1.68. The van der Waals surface area contributed by atoms with Gasteiger partial charge in [-0.25, -0.2) is 0 Å². The van der Waals surface area contributed by atoms with Crippen molar-refractivity contribution in [2.75, 3.05) is 0 Å². The van der Waals surface area contributed by atoms with Gasteiger partial charge in [0.05, 0.1) is 0 Å². The average Bonchev–Trinajstić information content (AvgIpc) is 2.41. The monoisotopic (exact) mass is 286 g/mol. The van der Waals surface area contributed by atoms with Gasteiger partial charge in [0.1, 0.15) is 0 Å². The van der Waals surface area contributed by atoms with Crippen molar-refractivity contribution in [2.24, 2.45) is 0 Å². The molecule has 0 aromatic rings. The van der Waals surface area contributed by atoms with Crippen LogP contribution in [0.25, 0.3) is 0 Å². The molecule has 0 saturated heterocycles. The highest BCUT2D eigenvalue weighted by atomic mass is 31.1. The van der Waals surface area contributed by atoms with E-state index in [4.69, 9.17) is 0 Å². The molecule has 2 rings (SSSR count). The summed E-state index contributed by atoms with van der Waals surface area (Å²) in [4.78, 5) is 0. The van der Waals surface area contributed by atoms with E-state index in [1.807, 2.05) is 0 Å². The predicted octanol–water partition coefficient (Wildman–Crippen LogP) is 5.79. The van der Waals surface area contributed by atoms with Crippen LogP contribution in [0.15, 0.2) is 0 Å². The van der Waals surface area contributed by atoms with Gasteiger partial charge in [-0.2, -0.15) is 0 Å². The van der Waals surface area contributed by atoms with Gasteiger partial charge in [-0.05, 0) is 48.3 Å². The maximum absolute atomic E-state index is 2.55. The Morgan fingerprint density at radius 2 is 0.944 bits per heavy atom. The van der Waals surface area contributed by atoms with Gasteiger partial charge in [0.15, 0.2) is 0 Å². The number of hydrogen-bond donors (Lipinski definition) is 0. The predicted molar refractivity (Wildman–Crippen MR) is 89.3 cm³/mol. The lowest BCUT2D eigenvalue weighted by Crippen LogP contribution is -2.19. The molecule has 0 aliphatic heterocycles. The molecule has 2 fully saturated rings. The highest BCUT2D eigenvalue weighted by molar-refractivity contribution is 7.44. The minimum absolute atomic E-state index is 1.01. The molecule has 0 N–H and O–H groups in total. The molecule has 106 valence electrons. The molecule has 0 amide bonds. The Morgan fingerprint density at radius 1 is 0.611 bits per heavy atom. The number of rotatable bonds is 5. The van der Waals surface area contributed by atoms with Crippen molar-refractivity contribution >= 4 is 17.2 Å². The van der Waals surface area contributed by atoms with Crippen LogP contribution in [-0.4, -0.2) is 22.6 Å². The molecule has 2 heteroatoms. The maximum atomic E-state index is 2.55. The van der Waals surface area contributed by atoms with Gasteiger partial charge in [-0.15, -0.1) is 17.2 Å². The topological polar surface area (TPSA) is 0 Å². The van der Waals surface area contributed by atoms with Crippen LogP contribution in [-0.2, 0) is 0 Å². The average molecular weight is 286 g/mol. The summed E-state index contributed by atoms with van der Waals surface area (Å²) in [7, 11) is 2.53. The van der Waals surface area contributed by atoms with Crippen LogP contribution in [0.4, 0.5) is 0 Å². The molecule has 4 unspecified atom stereocenters. The zero-order valence-electron chi connectivity index (χ0n) is 12.4. The molecule has 0 spiro atoms. The second kappa shape index (κ2) is 8.21. The van der Waals surface area contributed by atoms with Crippen molar-refractivity contribution in [1.82, 2.24) is 0 Å². The zero-order chi connectivity index (χ0) is 12.8. The van der Waals surface area contributed by atoms with Crippen LogP contribution >= 0.6 is 17.2 Å². The van der Waals surface area contributed by atoms with E-state index in [2.05, 4.69) is 13.8 Å². The molecule has 4 atom stereocenters. The molecular weight excluding hydrogens is 254 g/mol. The van der Waals surface area contributed by atoms with E-state index in [0.717, 1.165) is 22.6 Å². The lowest BCUT2D eigenvalue weighted by molar-refractivity contribution is 0.509. The number of hydrogen-bond acceptors (Lipinski definition) is 0. The molecule has 0 heterocycles. The third kappa shape index (κ3) is 5.09. The standard InChI is InChI=1S/C16H32P2/c1-13(17-15-9-5-3-6-10-15)14(2)18-16-11-7-4-8-12-16/h13-18H,3-12H2,1-2H3. The van der Waals surface area contributed by atoms with Gasteiger partial charge in [-0.1, -0.05) is 52.4 Å². The van der Waals surface area contributed by atoms with Crippen LogP contribution in [0, 0.1) is 0 Å². The third-order valence-electron chi connectivity index (χ3n) is 4.96. The summed E-state index contributed by atoms with van der Waals surface area (Å²) in [6.45, 7) is 5.10. The van der Waals surface area contributed by atoms with Crippen LogP contribution < -0.4 is 0 Å². The van der Waals surface area contributed by atoms with Crippen LogP contribution in [0.3, 0.4) is 0 Å². The maximum Gasteiger partial charge on any atom is -0.0200 e. The van der Waals surface area contributed by atoms with E-state index in [1.165, 1.54) is 55.7 Å². The second-order valence-electron chi connectivity index (χ2n) is 6.58. The Hall–Kier alpha value is 0.860. The van der Waals surface area contributed by atoms with E-state index >= 15 is 0 Å². The summed E-state index contributed by atoms with van der Waals surface area (Å²) >= 11 is 0. The van der Waals surface area contributed by atoms with E-state index < -0.39 is 0 Å². The largest absolute Gasteiger partial charge is 0.115 e. The van der Waals surface area contributed by atoms with Crippen molar-refractivity contribution < 1.29 is 0 Å². The van der Waals surface area contributed by atoms with Gasteiger partial charge in [0, 0.05) is 0 Å². The summed E-state index contributed by atoms with van der Waals surface area (Å²) in [6, 6.07) is 0. The molecule has 18 heavy (non-hydrogen) atoms. The molecule has 0 radical (unpaired) electrons. The first-order valence-electron chi connectivity index (χ1n) is 8.28. The summed E-state index contributed by atoms with van der Waals surface area (Å²) < 4.78 is 0. The molecule has 0 aromatic carbocycles. The summed E-state index contributed by atoms with van der Waals surface area (Å²) in [5, 5.41) is 0. The van der Waals surface area contributed by atoms with Gasteiger partial charge in [0.2, 0.25) is 0 Å². The van der Waals surface area contributed by atoms with E-state index in [1.54, 1.807) is 25.7 Å². The van der Waals surface area contributed by atoms with Gasteiger partial charge in [-0.3, -0.25) is 0 Å². The Morgan fingerprint density at radius 3 is 1.28 bits per heavy atom. The Labute approximate surface area is 118 Å². The first-order chi connectivity index (χ1) is 8.75. The fourth-order valence-electron chi connectivity index (χ4n) is 3.57. The first-order valence-corrected chi connectivity index (χ1v) is 10.6. The lowest BCUT2D eigenvalue weighted by Gasteiger charge is -2.31. The van der Waals surface area contributed by atoms with Crippen LogP contribution in [0.2, 0.25) is 0 Å². The minimum atomic E-state index is 1.01. The van der Waals surface area contributed by atoms with Crippen molar-refractivity contribution in [3.63, 3.8) is 0 Å². The van der Waals surface area contributed by atoms with E-state index in [9.17, 15) is 0 Å². The SMILES string of the molecule is CC(PC1CCCCC1)C(C)PC1CCCCC1. The minimum Gasteiger partial charge on any atom is -0.115 e. The Kier molecular flexibility index (Phi) is 6.96. The molecule has 2 aliphatic rings. The van der Waals surface area contributed by atoms with Crippen molar-refractivity contribution in [2.45, 2.75) is 101 Å². The van der Waals surface area contributed by atoms with Gasteiger partial charge in [0.25, 0.3) is 0 Å². The normalized spacial score (nSPS) is 28.3. The fourth-order valence-corrected chi connectivity index (χ4v) is 7.70. The highest BCUT2D eigenvalue weighted by Gasteiger charge is 2.23. The second-order valence-corrected chi connectivity index (χ2v) is 10.7. The smallest absolute Gasteiger partial charge is 0.0200 e.